The molecule has 5 heteroatoms. The molecular weight excluding hydrogens is 204 g/mol. The van der Waals surface area contributed by atoms with Crippen LogP contribution in [0.25, 0.3) is 5.69 Å². The van der Waals surface area contributed by atoms with Crippen molar-refractivity contribution >= 4 is 0 Å². The molecule has 0 saturated heterocycles. The van der Waals surface area contributed by atoms with E-state index in [2.05, 4.69) is 10.1 Å². The number of nitrogens with two attached hydrogens (primary N) is 1. The molecule has 84 valence electrons. The largest absolute Gasteiger partial charge is 0.506 e. The first-order chi connectivity index (χ1) is 7.76. The molecule has 5 nitrogen and oxygen atoms in total. The molecule has 0 amide bonds. The van der Waals surface area contributed by atoms with Crippen molar-refractivity contribution in [3.8, 4) is 11.4 Å². The normalized spacial score (nSPS) is 10.6. The molecule has 0 radical (unpaired) electrons. The van der Waals surface area contributed by atoms with Crippen LogP contribution in [0.3, 0.4) is 0 Å². The Labute approximate surface area is 93.5 Å². The molecule has 0 aliphatic carbocycles. The van der Waals surface area contributed by atoms with E-state index in [-0.39, 0.29) is 5.75 Å². The van der Waals surface area contributed by atoms with Gasteiger partial charge in [-0.3, -0.25) is 0 Å². The second-order valence-corrected chi connectivity index (χ2v) is 3.40. The van der Waals surface area contributed by atoms with Gasteiger partial charge in [0.2, 0.25) is 0 Å². The van der Waals surface area contributed by atoms with Crippen molar-refractivity contribution in [2.75, 3.05) is 0 Å². The van der Waals surface area contributed by atoms with Crippen molar-refractivity contribution in [2.45, 2.75) is 19.9 Å². The molecule has 2 aromatic rings. The molecule has 1 aromatic carbocycles. The Bertz CT molecular complexity index is 492. The van der Waals surface area contributed by atoms with Gasteiger partial charge in [0.05, 0.1) is 6.54 Å². The summed E-state index contributed by atoms with van der Waals surface area (Å²) in [7, 11) is 0. The van der Waals surface area contributed by atoms with Crippen molar-refractivity contribution < 1.29 is 5.11 Å². The van der Waals surface area contributed by atoms with E-state index in [0.29, 0.717) is 18.1 Å². The second-order valence-electron chi connectivity index (χ2n) is 3.40. The van der Waals surface area contributed by atoms with Crippen LogP contribution >= 0.6 is 0 Å². The molecule has 3 N–H and O–H groups in total. The third-order valence-electron chi connectivity index (χ3n) is 2.33. The molecule has 0 saturated carbocycles. The van der Waals surface area contributed by atoms with Gasteiger partial charge in [-0.05, 0) is 12.1 Å². The van der Waals surface area contributed by atoms with Crippen LogP contribution in [-0.2, 0) is 13.0 Å². The first-order valence-electron chi connectivity index (χ1n) is 5.19. The van der Waals surface area contributed by atoms with Gasteiger partial charge in [0.25, 0.3) is 0 Å². The molecule has 0 fully saturated rings. The first kappa shape index (κ1) is 10.6. The van der Waals surface area contributed by atoms with Gasteiger partial charge in [-0.1, -0.05) is 19.1 Å². The Hall–Kier alpha value is -1.88. The van der Waals surface area contributed by atoms with Gasteiger partial charge in [-0.25, -0.2) is 9.67 Å². The average Bonchev–Trinajstić information content (AvgIpc) is 2.72. The second kappa shape index (κ2) is 4.32. The predicted octanol–water partition coefficient (Wildman–Crippen LogP) is 0.994. The smallest absolute Gasteiger partial charge is 0.164 e. The number of hydrogen-bond donors (Lipinski definition) is 2. The van der Waals surface area contributed by atoms with Crippen molar-refractivity contribution in [2.24, 2.45) is 5.73 Å². The summed E-state index contributed by atoms with van der Waals surface area (Å²) in [5.41, 5.74) is 6.13. The number of phenolic OH excluding ortho intramolecular Hbond substituents is 1. The zero-order valence-corrected chi connectivity index (χ0v) is 9.09. The molecule has 1 heterocycles. The average molecular weight is 218 g/mol. The van der Waals surface area contributed by atoms with Gasteiger partial charge in [-0.2, -0.15) is 0 Å². The zero-order valence-electron chi connectivity index (χ0n) is 9.09. The van der Waals surface area contributed by atoms with Crippen LogP contribution in [0, 0.1) is 0 Å². The Morgan fingerprint density at radius 2 is 2.12 bits per heavy atom. The standard InChI is InChI=1S/C11H14N4O/c1-2-11-13-10(7-12)14-15(11)8-5-3-4-6-9(8)16/h3-6,16H,2,7,12H2,1H3. The maximum atomic E-state index is 9.75. The van der Waals surface area contributed by atoms with Gasteiger partial charge in [0.15, 0.2) is 5.82 Å². The molecule has 0 unspecified atom stereocenters. The van der Waals surface area contributed by atoms with Gasteiger partial charge in [0, 0.05) is 6.42 Å². The highest BCUT2D eigenvalue weighted by molar-refractivity contribution is 5.45. The number of rotatable bonds is 3. The molecule has 0 aliphatic rings. The van der Waals surface area contributed by atoms with Crippen LogP contribution in [0.2, 0.25) is 0 Å². The van der Waals surface area contributed by atoms with E-state index >= 15 is 0 Å². The van der Waals surface area contributed by atoms with E-state index in [0.717, 1.165) is 12.2 Å². The van der Waals surface area contributed by atoms with Gasteiger partial charge >= 0.3 is 0 Å². The summed E-state index contributed by atoms with van der Waals surface area (Å²) in [5, 5.41) is 14.0. The fourth-order valence-corrected chi connectivity index (χ4v) is 1.54. The summed E-state index contributed by atoms with van der Waals surface area (Å²) in [6.45, 7) is 2.29. The number of aromatic hydroxyl groups is 1. The minimum Gasteiger partial charge on any atom is -0.506 e. The monoisotopic (exact) mass is 218 g/mol. The fraction of sp³-hybridized carbons (Fsp3) is 0.273. The van der Waals surface area contributed by atoms with Gasteiger partial charge in [-0.15, -0.1) is 5.10 Å². The fourth-order valence-electron chi connectivity index (χ4n) is 1.54. The summed E-state index contributed by atoms with van der Waals surface area (Å²) in [5.74, 6) is 1.56. The number of para-hydroxylation sites is 2. The Morgan fingerprint density at radius 3 is 2.75 bits per heavy atom. The van der Waals surface area contributed by atoms with Crippen molar-refractivity contribution in [1.29, 1.82) is 0 Å². The maximum absolute atomic E-state index is 9.75. The summed E-state index contributed by atoms with van der Waals surface area (Å²) >= 11 is 0. The minimum atomic E-state index is 0.186. The third-order valence-corrected chi connectivity index (χ3v) is 2.33. The molecule has 0 atom stereocenters. The number of hydrogen-bond acceptors (Lipinski definition) is 4. The van der Waals surface area contributed by atoms with Crippen molar-refractivity contribution in [3.05, 3.63) is 35.9 Å². The molecular formula is C11H14N4O. The van der Waals surface area contributed by atoms with Gasteiger partial charge < -0.3 is 10.8 Å². The number of aromatic nitrogens is 3. The van der Waals surface area contributed by atoms with Gasteiger partial charge in [0.1, 0.15) is 17.3 Å². The number of benzene rings is 1. The highest BCUT2D eigenvalue weighted by atomic mass is 16.3. The molecule has 0 aliphatic heterocycles. The first-order valence-corrected chi connectivity index (χ1v) is 5.19. The lowest BCUT2D eigenvalue weighted by Crippen LogP contribution is -2.03. The number of aryl methyl sites for hydroxylation is 1. The van der Waals surface area contributed by atoms with Crippen LogP contribution in [0.1, 0.15) is 18.6 Å². The highest BCUT2D eigenvalue weighted by Crippen LogP contribution is 2.21. The topological polar surface area (TPSA) is 77.0 Å². The number of nitrogens with zero attached hydrogens (tertiary/aromatic N) is 3. The summed E-state index contributed by atoms with van der Waals surface area (Å²) in [6, 6.07) is 7.03. The van der Waals surface area contributed by atoms with E-state index in [1.54, 1.807) is 22.9 Å². The SMILES string of the molecule is CCc1nc(CN)nn1-c1ccccc1O. The van der Waals surface area contributed by atoms with Crippen LogP contribution in [0.4, 0.5) is 0 Å². The molecule has 0 bridgehead atoms. The third kappa shape index (κ3) is 1.77. The lowest BCUT2D eigenvalue weighted by molar-refractivity contribution is 0.469. The van der Waals surface area contributed by atoms with E-state index in [1.165, 1.54) is 0 Å². The zero-order chi connectivity index (χ0) is 11.5. The number of phenols is 1. The quantitative estimate of drug-likeness (QED) is 0.805. The van der Waals surface area contributed by atoms with Crippen LogP contribution in [0.15, 0.2) is 24.3 Å². The van der Waals surface area contributed by atoms with Crippen molar-refractivity contribution in [1.82, 2.24) is 14.8 Å². The minimum absolute atomic E-state index is 0.186. The molecule has 0 spiro atoms. The molecule has 2 rings (SSSR count). The Balaban J connectivity index is 2.54. The summed E-state index contributed by atoms with van der Waals surface area (Å²) in [6.07, 6.45) is 0.737. The lowest BCUT2D eigenvalue weighted by Gasteiger charge is -2.05. The van der Waals surface area contributed by atoms with E-state index in [9.17, 15) is 5.11 Å². The van der Waals surface area contributed by atoms with Crippen molar-refractivity contribution in [3.63, 3.8) is 0 Å². The van der Waals surface area contributed by atoms with Crippen LogP contribution < -0.4 is 5.73 Å². The highest BCUT2D eigenvalue weighted by Gasteiger charge is 2.11. The summed E-state index contributed by atoms with van der Waals surface area (Å²) < 4.78 is 1.64. The van der Waals surface area contributed by atoms with E-state index in [1.807, 2.05) is 13.0 Å². The molecule has 1 aromatic heterocycles. The van der Waals surface area contributed by atoms with E-state index < -0.39 is 0 Å². The van der Waals surface area contributed by atoms with E-state index in [4.69, 9.17) is 5.73 Å². The Kier molecular flexibility index (Phi) is 2.87. The molecule has 16 heavy (non-hydrogen) atoms. The predicted molar refractivity (Wildman–Crippen MR) is 60.3 cm³/mol. The Morgan fingerprint density at radius 1 is 1.38 bits per heavy atom. The lowest BCUT2D eigenvalue weighted by atomic mass is 10.3. The van der Waals surface area contributed by atoms with Crippen LogP contribution in [0.5, 0.6) is 5.75 Å². The maximum Gasteiger partial charge on any atom is 0.164 e. The summed E-state index contributed by atoms with van der Waals surface area (Å²) in [4.78, 5) is 4.28. The van der Waals surface area contributed by atoms with Crippen LogP contribution in [-0.4, -0.2) is 19.9 Å².